The van der Waals surface area contributed by atoms with Crippen LogP contribution in [0.15, 0.2) is 36.5 Å². The van der Waals surface area contributed by atoms with E-state index in [0.717, 1.165) is 5.56 Å². The number of carbonyl (C=O) groups is 1. The van der Waals surface area contributed by atoms with Gasteiger partial charge < -0.3 is 4.90 Å². The van der Waals surface area contributed by atoms with E-state index in [1.165, 1.54) is 0 Å². The van der Waals surface area contributed by atoms with Gasteiger partial charge in [-0.2, -0.15) is 10.4 Å². The fourth-order valence-electron chi connectivity index (χ4n) is 1.86. The van der Waals surface area contributed by atoms with Crippen molar-refractivity contribution in [1.82, 2.24) is 14.7 Å². The van der Waals surface area contributed by atoms with E-state index < -0.39 is 0 Å². The standard InChI is InChI=1S/C14H14N4O/c1-17(14(19)13-6-7-16-18(13)2)10-12-5-3-4-11(8-12)9-15/h3-8H,10H2,1-2H3. The zero-order valence-corrected chi connectivity index (χ0v) is 10.9. The van der Waals surface area contributed by atoms with Crippen molar-refractivity contribution in [3.8, 4) is 6.07 Å². The molecule has 0 unspecified atom stereocenters. The molecule has 0 radical (unpaired) electrons. The van der Waals surface area contributed by atoms with E-state index in [4.69, 9.17) is 5.26 Å². The molecule has 2 aromatic rings. The van der Waals surface area contributed by atoms with Crippen LogP contribution in [0.2, 0.25) is 0 Å². The van der Waals surface area contributed by atoms with Gasteiger partial charge in [0.15, 0.2) is 0 Å². The molecule has 0 aliphatic carbocycles. The lowest BCUT2D eigenvalue weighted by atomic mass is 10.1. The summed E-state index contributed by atoms with van der Waals surface area (Å²) in [6.45, 7) is 0.458. The zero-order chi connectivity index (χ0) is 13.8. The van der Waals surface area contributed by atoms with Gasteiger partial charge in [0, 0.05) is 26.8 Å². The van der Waals surface area contributed by atoms with Crippen LogP contribution >= 0.6 is 0 Å². The molecule has 1 aromatic carbocycles. The van der Waals surface area contributed by atoms with Gasteiger partial charge in [-0.15, -0.1) is 0 Å². The summed E-state index contributed by atoms with van der Waals surface area (Å²) < 4.78 is 1.55. The summed E-state index contributed by atoms with van der Waals surface area (Å²) >= 11 is 0. The Kier molecular flexibility index (Phi) is 3.62. The minimum absolute atomic E-state index is 0.0950. The van der Waals surface area contributed by atoms with E-state index in [1.807, 2.05) is 12.1 Å². The highest BCUT2D eigenvalue weighted by atomic mass is 16.2. The summed E-state index contributed by atoms with van der Waals surface area (Å²) in [6.07, 6.45) is 1.59. The molecule has 0 N–H and O–H groups in total. The van der Waals surface area contributed by atoms with Crippen LogP contribution in [0.4, 0.5) is 0 Å². The quantitative estimate of drug-likeness (QED) is 0.835. The SMILES string of the molecule is CN(Cc1cccc(C#N)c1)C(=O)c1ccnn1C. The second-order valence-corrected chi connectivity index (χ2v) is 4.31. The van der Waals surface area contributed by atoms with Gasteiger partial charge in [0.05, 0.1) is 11.6 Å². The van der Waals surface area contributed by atoms with Crippen molar-refractivity contribution >= 4 is 5.91 Å². The summed E-state index contributed by atoms with van der Waals surface area (Å²) in [7, 11) is 3.46. The summed E-state index contributed by atoms with van der Waals surface area (Å²) in [5, 5.41) is 12.8. The van der Waals surface area contributed by atoms with Gasteiger partial charge in [-0.3, -0.25) is 9.48 Å². The summed E-state index contributed by atoms with van der Waals surface area (Å²) in [4.78, 5) is 13.8. The lowest BCUT2D eigenvalue weighted by Crippen LogP contribution is -2.28. The number of aryl methyl sites for hydroxylation is 1. The maximum atomic E-state index is 12.2. The first-order valence-corrected chi connectivity index (χ1v) is 5.84. The summed E-state index contributed by atoms with van der Waals surface area (Å²) in [5.74, 6) is -0.0950. The van der Waals surface area contributed by atoms with Crippen molar-refractivity contribution in [2.24, 2.45) is 7.05 Å². The molecule has 1 aromatic heterocycles. The molecular weight excluding hydrogens is 240 g/mol. The molecule has 0 atom stereocenters. The number of amides is 1. The average Bonchev–Trinajstić information content (AvgIpc) is 2.84. The Hall–Kier alpha value is -2.61. The molecule has 1 heterocycles. The highest BCUT2D eigenvalue weighted by Gasteiger charge is 2.15. The third-order valence-electron chi connectivity index (χ3n) is 2.86. The lowest BCUT2D eigenvalue weighted by molar-refractivity contribution is 0.0774. The van der Waals surface area contributed by atoms with Gasteiger partial charge >= 0.3 is 0 Å². The maximum absolute atomic E-state index is 12.2. The number of carbonyl (C=O) groups excluding carboxylic acids is 1. The van der Waals surface area contributed by atoms with Crippen molar-refractivity contribution in [2.45, 2.75) is 6.54 Å². The molecular formula is C14H14N4O. The number of rotatable bonds is 3. The smallest absolute Gasteiger partial charge is 0.272 e. The van der Waals surface area contributed by atoms with E-state index >= 15 is 0 Å². The zero-order valence-electron chi connectivity index (χ0n) is 10.9. The van der Waals surface area contributed by atoms with E-state index in [0.29, 0.717) is 17.8 Å². The molecule has 96 valence electrons. The molecule has 1 amide bonds. The van der Waals surface area contributed by atoms with Crippen molar-refractivity contribution in [2.75, 3.05) is 7.05 Å². The minimum Gasteiger partial charge on any atom is -0.336 e. The van der Waals surface area contributed by atoms with Crippen LogP contribution in [0.3, 0.4) is 0 Å². The van der Waals surface area contributed by atoms with Crippen molar-refractivity contribution < 1.29 is 4.79 Å². The Balaban J connectivity index is 2.13. The first-order valence-electron chi connectivity index (χ1n) is 5.84. The Morgan fingerprint density at radius 1 is 1.47 bits per heavy atom. The monoisotopic (exact) mass is 254 g/mol. The second-order valence-electron chi connectivity index (χ2n) is 4.31. The van der Waals surface area contributed by atoms with Gasteiger partial charge in [-0.1, -0.05) is 12.1 Å². The van der Waals surface area contributed by atoms with Gasteiger partial charge in [0.2, 0.25) is 0 Å². The number of hydrogen-bond acceptors (Lipinski definition) is 3. The molecule has 0 fully saturated rings. The molecule has 5 heteroatoms. The third-order valence-corrected chi connectivity index (χ3v) is 2.86. The van der Waals surface area contributed by atoms with Crippen LogP contribution < -0.4 is 0 Å². The molecule has 19 heavy (non-hydrogen) atoms. The second kappa shape index (κ2) is 5.36. The van der Waals surface area contributed by atoms with Crippen molar-refractivity contribution in [3.63, 3.8) is 0 Å². The number of nitriles is 1. The number of nitrogens with zero attached hydrogens (tertiary/aromatic N) is 4. The van der Waals surface area contributed by atoms with Gasteiger partial charge in [0.25, 0.3) is 5.91 Å². The van der Waals surface area contributed by atoms with Crippen molar-refractivity contribution in [1.29, 1.82) is 5.26 Å². The molecule has 0 spiro atoms. The molecule has 0 aliphatic rings. The fourth-order valence-corrected chi connectivity index (χ4v) is 1.86. The Morgan fingerprint density at radius 3 is 2.89 bits per heavy atom. The maximum Gasteiger partial charge on any atom is 0.272 e. The highest BCUT2D eigenvalue weighted by Crippen LogP contribution is 2.09. The van der Waals surface area contributed by atoms with Crippen LogP contribution in [0.5, 0.6) is 0 Å². The van der Waals surface area contributed by atoms with E-state index in [1.54, 1.807) is 48.1 Å². The molecule has 5 nitrogen and oxygen atoms in total. The van der Waals surface area contributed by atoms with Gasteiger partial charge in [0.1, 0.15) is 5.69 Å². The Bertz CT molecular complexity index is 639. The third kappa shape index (κ3) is 2.80. The molecule has 2 rings (SSSR count). The number of hydrogen-bond donors (Lipinski definition) is 0. The van der Waals surface area contributed by atoms with Crippen LogP contribution in [-0.2, 0) is 13.6 Å². The fraction of sp³-hybridized carbons (Fsp3) is 0.214. The number of aromatic nitrogens is 2. The largest absolute Gasteiger partial charge is 0.336 e. The molecule has 0 saturated carbocycles. The predicted molar refractivity (Wildman–Crippen MR) is 70.2 cm³/mol. The molecule has 0 saturated heterocycles. The molecule has 0 aliphatic heterocycles. The first-order chi connectivity index (χ1) is 9.11. The summed E-state index contributed by atoms with van der Waals surface area (Å²) in [5.41, 5.74) is 2.06. The van der Waals surface area contributed by atoms with Crippen LogP contribution in [0, 0.1) is 11.3 Å². The number of benzene rings is 1. The van der Waals surface area contributed by atoms with Gasteiger partial charge in [-0.25, -0.2) is 0 Å². The average molecular weight is 254 g/mol. The predicted octanol–water partition coefficient (Wildman–Crippen LogP) is 1.56. The van der Waals surface area contributed by atoms with E-state index in [-0.39, 0.29) is 5.91 Å². The lowest BCUT2D eigenvalue weighted by Gasteiger charge is -2.17. The van der Waals surface area contributed by atoms with Crippen LogP contribution in [-0.4, -0.2) is 27.6 Å². The van der Waals surface area contributed by atoms with Gasteiger partial charge in [-0.05, 0) is 23.8 Å². The van der Waals surface area contributed by atoms with E-state index in [2.05, 4.69) is 11.2 Å². The van der Waals surface area contributed by atoms with E-state index in [9.17, 15) is 4.79 Å². The summed E-state index contributed by atoms with van der Waals surface area (Å²) in [6, 6.07) is 11.0. The molecule has 0 bridgehead atoms. The van der Waals surface area contributed by atoms with Crippen molar-refractivity contribution in [3.05, 3.63) is 53.3 Å². The normalized spacial score (nSPS) is 9.95. The Labute approximate surface area is 111 Å². The first kappa shape index (κ1) is 12.8. The van der Waals surface area contributed by atoms with Crippen LogP contribution in [0.1, 0.15) is 21.6 Å². The highest BCUT2D eigenvalue weighted by molar-refractivity contribution is 5.92. The van der Waals surface area contributed by atoms with Crippen LogP contribution in [0.25, 0.3) is 0 Å². The topological polar surface area (TPSA) is 61.9 Å². The Morgan fingerprint density at radius 2 is 2.26 bits per heavy atom. The minimum atomic E-state index is -0.0950.